The van der Waals surface area contributed by atoms with Gasteiger partial charge in [-0.05, 0) is 26.4 Å². The predicted molar refractivity (Wildman–Crippen MR) is 92.3 cm³/mol. The van der Waals surface area contributed by atoms with E-state index in [2.05, 4.69) is 56.9 Å². The highest BCUT2D eigenvalue weighted by Crippen LogP contribution is 2.32. The number of nitrogens with one attached hydrogen (secondary N) is 1. The van der Waals surface area contributed by atoms with E-state index < -0.39 is 0 Å². The average Bonchev–Trinajstić information content (AvgIpc) is 2.99. The molecule has 2 rings (SSSR count). The fourth-order valence-corrected chi connectivity index (χ4v) is 4.11. The van der Waals surface area contributed by atoms with Crippen molar-refractivity contribution in [2.24, 2.45) is 5.92 Å². The number of aryl methyl sites for hydroxylation is 1. The lowest BCUT2D eigenvalue weighted by Crippen LogP contribution is -2.34. The molecule has 5 heteroatoms. The molecule has 21 heavy (non-hydrogen) atoms. The molecule has 1 aliphatic heterocycles. The third-order valence-electron chi connectivity index (χ3n) is 4.28. The van der Waals surface area contributed by atoms with Crippen molar-refractivity contribution in [3.05, 3.63) is 10.6 Å². The van der Waals surface area contributed by atoms with E-state index in [1.807, 2.05) is 11.3 Å². The Morgan fingerprint density at radius 3 is 2.62 bits per heavy atom. The molecule has 120 valence electrons. The summed E-state index contributed by atoms with van der Waals surface area (Å²) in [7, 11) is 4.37. The number of hydrogen-bond donors (Lipinski definition) is 1. The van der Waals surface area contributed by atoms with Gasteiger partial charge in [0.2, 0.25) is 0 Å². The summed E-state index contributed by atoms with van der Waals surface area (Å²) in [6, 6.07) is 1.15. The number of nitrogens with zero attached hydrogens (tertiary/aromatic N) is 3. The zero-order valence-corrected chi connectivity index (χ0v) is 15.1. The van der Waals surface area contributed by atoms with Crippen molar-refractivity contribution in [2.75, 3.05) is 32.1 Å². The normalized spacial score (nSPS) is 22.8. The summed E-state index contributed by atoms with van der Waals surface area (Å²) in [5, 5.41) is 4.73. The molecule has 2 heterocycles. The summed E-state index contributed by atoms with van der Waals surface area (Å²) in [5.74, 6) is 0.700. The van der Waals surface area contributed by atoms with Gasteiger partial charge in [0, 0.05) is 36.6 Å². The van der Waals surface area contributed by atoms with Crippen LogP contribution in [0.2, 0.25) is 0 Å². The quantitative estimate of drug-likeness (QED) is 0.875. The first-order chi connectivity index (χ1) is 9.92. The van der Waals surface area contributed by atoms with Crippen LogP contribution in [0, 0.1) is 5.92 Å². The van der Waals surface area contributed by atoms with Crippen molar-refractivity contribution < 1.29 is 0 Å². The summed E-state index contributed by atoms with van der Waals surface area (Å²) in [6.07, 6.45) is 1.02. The van der Waals surface area contributed by atoms with Crippen LogP contribution in [0.4, 0.5) is 5.13 Å². The maximum absolute atomic E-state index is 4.90. The van der Waals surface area contributed by atoms with Crippen LogP contribution in [-0.2, 0) is 13.0 Å². The minimum Gasteiger partial charge on any atom is -0.346 e. The zero-order valence-electron chi connectivity index (χ0n) is 14.3. The second-order valence-electron chi connectivity index (χ2n) is 6.67. The van der Waals surface area contributed by atoms with Gasteiger partial charge >= 0.3 is 0 Å². The van der Waals surface area contributed by atoms with E-state index in [-0.39, 0.29) is 0 Å². The smallest absolute Gasteiger partial charge is 0.185 e. The van der Waals surface area contributed by atoms with Crippen molar-refractivity contribution in [3.8, 4) is 0 Å². The van der Waals surface area contributed by atoms with Gasteiger partial charge in [-0.25, -0.2) is 4.98 Å². The van der Waals surface area contributed by atoms with Gasteiger partial charge in [-0.2, -0.15) is 0 Å². The molecule has 0 saturated carbocycles. The monoisotopic (exact) mass is 310 g/mol. The summed E-state index contributed by atoms with van der Waals surface area (Å²) in [6.45, 7) is 12.1. The Morgan fingerprint density at radius 1 is 1.38 bits per heavy atom. The van der Waals surface area contributed by atoms with Crippen LogP contribution < -0.4 is 10.2 Å². The lowest BCUT2D eigenvalue weighted by Gasteiger charge is -2.22. The number of thiazole rings is 1. The molecule has 2 unspecified atom stereocenters. The number of rotatable bonds is 6. The van der Waals surface area contributed by atoms with Crippen LogP contribution >= 0.6 is 11.3 Å². The molecule has 0 bridgehead atoms. The first-order valence-corrected chi connectivity index (χ1v) is 8.87. The van der Waals surface area contributed by atoms with Gasteiger partial charge in [-0.1, -0.05) is 27.7 Å². The van der Waals surface area contributed by atoms with Crippen LogP contribution in [0.5, 0.6) is 0 Å². The molecular weight excluding hydrogens is 280 g/mol. The first kappa shape index (κ1) is 16.7. The van der Waals surface area contributed by atoms with Gasteiger partial charge in [-0.3, -0.25) is 0 Å². The molecule has 1 aromatic rings. The van der Waals surface area contributed by atoms with E-state index >= 15 is 0 Å². The maximum Gasteiger partial charge on any atom is 0.185 e. The number of likely N-dealkylation sites (N-methyl/N-ethyl adjacent to an activating group) is 1. The van der Waals surface area contributed by atoms with Crippen molar-refractivity contribution in [1.82, 2.24) is 15.2 Å². The van der Waals surface area contributed by atoms with Crippen LogP contribution in [0.3, 0.4) is 0 Å². The Hall–Kier alpha value is -0.650. The van der Waals surface area contributed by atoms with Gasteiger partial charge in [0.1, 0.15) is 0 Å². The molecule has 0 aliphatic carbocycles. The molecule has 1 saturated heterocycles. The van der Waals surface area contributed by atoms with E-state index in [4.69, 9.17) is 4.98 Å². The molecular formula is C16H30N4S. The molecule has 2 atom stereocenters. The van der Waals surface area contributed by atoms with E-state index in [1.165, 1.54) is 15.7 Å². The molecule has 1 N–H and O–H groups in total. The standard InChI is InChI=1S/C16H30N4S/c1-7-13-15(8-17-11(2)3)21-16(18-13)20-9-12(4)14(10-20)19(5)6/h11-12,14,17H,7-10H2,1-6H3. The van der Waals surface area contributed by atoms with Gasteiger partial charge in [0.05, 0.1) is 5.69 Å². The third-order valence-corrected chi connectivity index (χ3v) is 5.44. The maximum atomic E-state index is 4.90. The second kappa shape index (κ2) is 7.07. The highest BCUT2D eigenvalue weighted by molar-refractivity contribution is 7.15. The molecule has 0 aromatic carbocycles. The summed E-state index contributed by atoms with van der Waals surface area (Å²) >= 11 is 1.87. The van der Waals surface area contributed by atoms with Gasteiger partial charge in [-0.15, -0.1) is 11.3 Å². The fourth-order valence-electron chi connectivity index (χ4n) is 2.99. The Morgan fingerprint density at radius 2 is 2.10 bits per heavy atom. The third kappa shape index (κ3) is 3.96. The molecule has 1 aliphatic rings. The highest BCUT2D eigenvalue weighted by Gasteiger charge is 2.32. The Kier molecular flexibility index (Phi) is 5.63. The summed E-state index contributed by atoms with van der Waals surface area (Å²) in [5.41, 5.74) is 1.27. The van der Waals surface area contributed by atoms with E-state index in [0.717, 1.165) is 26.1 Å². The van der Waals surface area contributed by atoms with Crippen LogP contribution in [0.25, 0.3) is 0 Å². The minimum absolute atomic E-state index is 0.519. The number of anilines is 1. The molecule has 0 spiro atoms. The van der Waals surface area contributed by atoms with Crippen LogP contribution in [-0.4, -0.2) is 49.2 Å². The van der Waals surface area contributed by atoms with Gasteiger partial charge in [0.15, 0.2) is 5.13 Å². The Labute approximate surface area is 133 Å². The number of hydrogen-bond acceptors (Lipinski definition) is 5. The Bertz CT molecular complexity index is 455. The second-order valence-corrected chi connectivity index (χ2v) is 7.73. The largest absolute Gasteiger partial charge is 0.346 e. The van der Waals surface area contributed by atoms with Crippen molar-refractivity contribution in [1.29, 1.82) is 0 Å². The van der Waals surface area contributed by atoms with Gasteiger partial charge in [0.25, 0.3) is 0 Å². The Balaban J connectivity index is 2.10. The minimum atomic E-state index is 0.519. The highest BCUT2D eigenvalue weighted by atomic mass is 32.1. The summed E-state index contributed by atoms with van der Waals surface area (Å²) in [4.78, 5) is 11.1. The van der Waals surface area contributed by atoms with E-state index in [1.54, 1.807) is 0 Å². The number of aromatic nitrogens is 1. The first-order valence-electron chi connectivity index (χ1n) is 8.05. The van der Waals surface area contributed by atoms with Crippen molar-refractivity contribution in [2.45, 2.75) is 52.7 Å². The van der Waals surface area contributed by atoms with Gasteiger partial charge < -0.3 is 15.1 Å². The lowest BCUT2D eigenvalue weighted by atomic mass is 10.1. The SMILES string of the molecule is CCc1nc(N2CC(C)C(N(C)C)C2)sc1CNC(C)C. The average molecular weight is 311 g/mol. The zero-order chi connectivity index (χ0) is 15.6. The molecule has 0 amide bonds. The van der Waals surface area contributed by atoms with Crippen molar-refractivity contribution in [3.63, 3.8) is 0 Å². The molecule has 4 nitrogen and oxygen atoms in total. The van der Waals surface area contributed by atoms with Crippen molar-refractivity contribution >= 4 is 16.5 Å². The molecule has 1 aromatic heterocycles. The lowest BCUT2D eigenvalue weighted by molar-refractivity contribution is 0.266. The summed E-state index contributed by atoms with van der Waals surface area (Å²) < 4.78 is 0. The van der Waals surface area contributed by atoms with E-state index in [9.17, 15) is 0 Å². The topological polar surface area (TPSA) is 31.4 Å². The van der Waals surface area contributed by atoms with Crippen LogP contribution in [0.1, 0.15) is 38.3 Å². The molecule has 1 fully saturated rings. The van der Waals surface area contributed by atoms with E-state index in [0.29, 0.717) is 18.0 Å². The molecule has 0 radical (unpaired) electrons. The fraction of sp³-hybridized carbons (Fsp3) is 0.812. The predicted octanol–water partition coefficient (Wildman–Crippen LogP) is 2.59. The van der Waals surface area contributed by atoms with Crippen LogP contribution in [0.15, 0.2) is 0 Å².